The standard InChI is InChI=1S/C14H13N3O4/c1-17(10-3-2-6-15-8-10)14(21)16-9-4-5-12(18)11(7-9)13(19)20/h2-8,18H,1H3,(H,16,21)(H,19,20). The molecule has 0 aliphatic rings. The van der Waals surface area contributed by atoms with Gasteiger partial charge in [-0.05, 0) is 30.3 Å². The van der Waals surface area contributed by atoms with Gasteiger partial charge in [0.2, 0.25) is 0 Å². The number of phenols is 1. The lowest BCUT2D eigenvalue weighted by Gasteiger charge is -2.17. The van der Waals surface area contributed by atoms with Gasteiger partial charge in [-0.1, -0.05) is 0 Å². The highest BCUT2D eigenvalue weighted by atomic mass is 16.4. The lowest BCUT2D eigenvalue weighted by atomic mass is 10.2. The number of aromatic carboxylic acids is 1. The van der Waals surface area contributed by atoms with E-state index in [1.165, 1.54) is 29.3 Å². The third-order valence-electron chi connectivity index (χ3n) is 2.82. The zero-order valence-corrected chi connectivity index (χ0v) is 11.1. The van der Waals surface area contributed by atoms with Crippen molar-refractivity contribution in [2.75, 3.05) is 17.3 Å². The molecule has 2 aromatic rings. The topological polar surface area (TPSA) is 103 Å². The maximum Gasteiger partial charge on any atom is 0.339 e. The fraction of sp³-hybridized carbons (Fsp3) is 0.0714. The first-order valence-corrected chi connectivity index (χ1v) is 6.00. The van der Waals surface area contributed by atoms with E-state index < -0.39 is 12.0 Å². The summed E-state index contributed by atoms with van der Waals surface area (Å²) in [6, 6.07) is 6.77. The van der Waals surface area contributed by atoms with Crippen LogP contribution in [0.25, 0.3) is 0 Å². The summed E-state index contributed by atoms with van der Waals surface area (Å²) < 4.78 is 0. The highest BCUT2D eigenvalue weighted by Gasteiger charge is 2.14. The van der Waals surface area contributed by atoms with Crippen molar-refractivity contribution in [1.29, 1.82) is 0 Å². The molecule has 0 fully saturated rings. The highest BCUT2D eigenvalue weighted by molar-refractivity contribution is 6.02. The van der Waals surface area contributed by atoms with Gasteiger partial charge < -0.3 is 15.5 Å². The number of hydrogen-bond acceptors (Lipinski definition) is 4. The highest BCUT2D eigenvalue weighted by Crippen LogP contribution is 2.22. The summed E-state index contributed by atoms with van der Waals surface area (Å²) in [5, 5.41) is 20.9. The Balaban J connectivity index is 2.16. The monoisotopic (exact) mass is 287 g/mol. The molecule has 0 unspecified atom stereocenters. The third kappa shape index (κ3) is 3.27. The van der Waals surface area contributed by atoms with Crippen LogP contribution in [0.5, 0.6) is 5.75 Å². The number of carboxylic acids is 1. The van der Waals surface area contributed by atoms with Crippen LogP contribution >= 0.6 is 0 Å². The second-order valence-electron chi connectivity index (χ2n) is 4.24. The minimum Gasteiger partial charge on any atom is -0.507 e. The molecule has 21 heavy (non-hydrogen) atoms. The Labute approximate surface area is 120 Å². The number of amides is 2. The first-order chi connectivity index (χ1) is 9.99. The summed E-state index contributed by atoms with van der Waals surface area (Å²) >= 11 is 0. The van der Waals surface area contributed by atoms with Crippen molar-refractivity contribution in [2.45, 2.75) is 0 Å². The Morgan fingerprint density at radius 1 is 1.29 bits per heavy atom. The van der Waals surface area contributed by atoms with Crippen LogP contribution in [0.3, 0.4) is 0 Å². The number of nitrogens with zero attached hydrogens (tertiary/aromatic N) is 2. The summed E-state index contributed by atoms with van der Waals surface area (Å²) in [5.41, 5.74) is 0.579. The van der Waals surface area contributed by atoms with Crippen LogP contribution < -0.4 is 10.2 Å². The van der Waals surface area contributed by atoms with Crippen molar-refractivity contribution in [3.05, 3.63) is 48.3 Å². The molecule has 108 valence electrons. The summed E-state index contributed by atoms with van der Waals surface area (Å²) in [7, 11) is 1.56. The van der Waals surface area contributed by atoms with Gasteiger partial charge in [-0.2, -0.15) is 0 Å². The number of carboxylic acid groups (broad SMARTS) is 1. The number of aromatic nitrogens is 1. The molecule has 2 rings (SSSR count). The molecular weight excluding hydrogens is 274 g/mol. The summed E-state index contributed by atoms with van der Waals surface area (Å²) in [6.45, 7) is 0. The number of benzene rings is 1. The predicted octanol–water partition coefficient (Wildman–Crippen LogP) is 2.15. The first-order valence-electron chi connectivity index (χ1n) is 6.00. The van der Waals surface area contributed by atoms with E-state index in [0.29, 0.717) is 5.69 Å². The van der Waals surface area contributed by atoms with Gasteiger partial charge in [0.25, 0.3) is 0 Å². The largest absolute Gasteiger partial charge is 0.507 e. The predicted molar refractivity (Wildman–Crippen MR) is 76.7 cm³/mol. The minimum absolute atomic E-state index is 0.269. The number of pyridine rings is 1. The fourth-order valence-electron chi connectivity index (χ4n) is 1.66. The van der Waals surface area contributed by atoms with Crippen molar-refractivity contribution in [1.82, 2.24) is 4.98 Å². The number of hydrogen-bond donors (Lipinski definition) is 3. The van der Waals surface area contributed by atoms with E-state index in [4.69, 9.17) is 5.11 Å². The molecule has 1 heterocycles. The average molecular weight is 287 g/mol. The van der Waals surface area contributed by atoms with Gasteiger partial charge >= 0.3 is 12.0 Å². The van der Waals surface area contributed by atoms with Gasteiger partial charge in [0.05, 0.1) is 11.9 Å². The molecule has 3 N–H and O–H groups in total. The number of anilines is 2. The molecular formula is C14H13N3O4. The normalized spacial score (nSPS) is 9.95. The molecule has 0 aliphatic carbocycles. The van der Waals surface area contributed by atoms with E-state index in [-0.39, 0.29) is 17.0 Å². The van der Waals surface area contributed by atoms with Crippen molar-refractivity contribution in [2.24, 2.45) is 0 Å². The van der Waals surface area contributed by atoms with Gasteiger partial charge in [-0.25, -0.2) is 9.59 Å². The van der Waals surface area contributed by atoms with Gasteiger partial charge in [0.15, 0.2) is 0 Å². The number of aromatic hydroxyl groups is 1. The molecule has 0 spiro atoms. The maximum absolute atomic E-state index is 12.1. The molecule has 1 aromatic carbocycles. The third-order valence-corrected chi connectivity index (χ3v) is 2.82. The van der Waals surface area contributed by atoms with Crippen LogP contribution in [0.1, 0.15) is 10.4 Å². The second kappa shape index (κ2) is 5.91. The molecule has 7 nitrogen and oxygen atoms in total. The van der Waals surface area contributed by atoms with Gasteiger partial charge in [0.1, 0.15) is 11.3 Å². The van der Waals surface area contributed by atoms with Crippen LogP contribution in [-0.4, -0.2) is 34.2 Å². The van der Waals surface area contributed by atoms with Crippen molar-refractivity contribution in [3.63, 3.8) is 0 Å². The maximum atomic E-state index is 12.1. The van der Waals surface area contributed by atoms with Gasteiger partial charge in [0, 0.05) is 18.9 Å². The summed E-state index contributed by atoms with van der Waals surface area (Å²) in [5.74, 6) is -1.63. The zero-order valence-electron chi connectivity index (χ0n) is 11.1. The Morgan fingerprint density at radius 2 is 2.05 bits per heavy atom. The molecule has 0 atom stereocenters. The molecule has 0 bridgehead atoms. The SMILES string of the molecule is CN(C(=O)Nc1ccc(O)c(C(=O)O)c1)c1cccnc1. The Morgan fingerprint density at radius 3 is 2.67 bits per heavy atom. The van der Waals surface area contributed by atoms with Crippen LogP contribution in [0.4, 0.5) is 16.2 Å². The van der Waals surface area contributed by atoms with Crippen LogP contribution in [-0.2, 0) is 0 Å². The van der Waals surface area contributed by atoms with Crippen LogP contribution in [0.2, 0.25) is 0 Å². The van der Waals surface area contributed by atoms with Crippen LogP contribution in [0.15, 0.2) is 42.7 Å². The lowest BCUT2D eigenvalue weighted by Crippen LogP contribution is -2.31. The second-order valence-corrected chi connectivity index (χ2v) is 4.24. The molecule has 2 amide bonds. The molecule has 0 radical (unpaired) electrons. The van der Waals surface area contributed by atoms with E-state index in [9.17, 15) is 14.7 Å². The number of rotatable bonds is 3. The molecule has 0 aliphatic heterocycles. The number of carbonyl (C=O) groups is 2. The van der Waals surface area contributed by atoms with E-state index in [2.05, 4.69) is 10.3 Å². The molecule has 0 saturated heterocycles. The van der Waals surface area contributed by atoms with E-state index in [1.54, 1.807) is 25.4 Å². The molecule has 1 aromatic heterocycles. The lowest BCUT2D eigenvalue weighted by molar-refractivity contribution is 0.0693. The molecule has 0 saturated carbocycles. The Kier molecular flexibility index (Phi) is 4.03. The van der Waals surface area contributed by atoms with E-state index in [0.717, 1.165) is 0 Å². The quantitative estimate of drug-likeness (QED) is 0.751. The van der Waals surface area contributed by atoms with Gasteiger partial charge in [-0.15, -0.1) is 0 Å². The van der Waals surface area contributed by atoms with E-state index in [1.807, 2.05) is 0 Å². The Hall–Kier alpha value is -3.09. The average Bonchev–Trinajstić information content (AvgIpc) is 2.49. The van der Waals surface area contributed by atoms with Crippen molar-refractivity contribution >= 4 is 23.4 Å². The van der Waals surface area contributed by atoms with Crippen molar-refractivity contribution in [3.8, 4) is 5.75 Å². The number of urea groups is 1. The zero-order chi connectivity index (χ0) is 15.4. The molecule has 7 heteroatoms. The summed E-state index contributed by atoms with van der Waals surface area (Å²) in [4.78, 5) is 28.2. The minimum atomic E-state index is -1.27. The smallest absolute Gasteiger partial charge is 0.339 e. The van der Waals surface area contributed by atoms with Crippen molar-refractivity contribution < 1.29 is 19.8 Å². The summed E-state index contributed by atoms with van der Waals surface area (Å²) in [6.07, 6.45) is 3.12. The number of carbonyl (C=O) groups excluding carboxylic acids is 1. The van der Waals surface area contributed by atoms with Crippen LogP contribution in [0, 0.1) is 0 Å². The van der Waals surface area contributed by atoms with E-state index >= 15 is 0 Å². The first kappa shape index (κ1) is 14.3. The number of nitrogens with one attached hydrogen (secondary N) is 1. The Bertz CT molecular complexity index is 673. The van der Waals surface area contributed by atoms with Gasteiger partial charge in [-0.3, -0.25) is 9.88 Å². The fourth-order valence-corrected chi connectivity index (χ4v) is 1.66.